The number of likely N-dealkylation sites (tertiary alicyclic amines) is 1. The Labute approximate surface area is 139 Å². The molecule has 1 aromatic heterocycles. The molecule has 1 amide bonds. The van der Waals surface area contributed by atoms with Crippen LogP contribution in [0.5, 0.6) is 0 Å². The van der Waals surface area contributed by atoms with E-state index >= 15 is 0 Å². The van der Waals surface area contributed by atoms with Crippen LogP contribution >= 0.6 is 0 Å². The van der Waals surface area contributed by atoms with Crippen LogP contribution in [0.15, 0.2) is 28.8 Å². The highest BCUT2D eigenvalue weighted by Crippen LogP contribution is 2.31. The van der Waals surface area contributed by atoms with E-state index in [9.17, 15) is 4.79 Å². The smallest absolute Gasteiger partial charge is 0.257 e. The summed E-state index contributed by atoms with van der Waals surface area (Å²) < 4.78 is 16.5. The predicted molar refractivity (Wildman–Crippen MR) is 84.2 cm³/mol. The molecule has 2 aromatic rings. The SMILES string of the molecule is Cc1noc(-c2ccc(C(=O)N3CCC4(CC3)OCCO4)cc2)n1. The average molecular weight is 329 g/mol. The Morgan fingerprint density at radius 3 is 2.38 bits per heavy atom. The van der Waals surface area contributed by atoms with Gasteiger partial charge in [0.25, 0.3) is 11.8 Å². The molecule has 0 bridgehead atoms. The van der Waals surface area contributed by atoms with E-state index in [2.05, 4.69) is 10.1 Å². The van der Waals surface area contributed by atoms with Crippen molar-refractivity contribution in [3.05, 3.63) is 35.7 Å². The first kappa shape index (κ1) is 15.3. The molecule has 24 heavy (non-hydrogen) atoms. The minimum absolute atomic E-state index is 0.0242. The molecular formula is C17H19N3O4. The summed E-state index contributed by atoms with van der Waals surface area (Å²) in [7, 11) is 0. The molecule has 3 heterocycles. The summed E-state index contributed by atoms with van der Waals surface area (Å²) in [6.45, 7) is 4.34. The van der Waals surface area contributed by atoms with Gasteiger partial charge in [-0.25, -0.2) is 0 Å². The van der Waals surface area contributed by atoms with Crippen molar-refractivity contribution in [2.45, 2.75) is 25.6 Å². The summed E-state index contributed by atoms with van der Waals surface area (Å²) in [4.78, 5) is 18.7. The van der Waals surface area contributed by atoms with Gasteiger partial charge >= 0.3 is 0 Å². The molecule has 7 nitrogen and oxygen atoms in total. The van der Waals surface area contributed by atoms with Crippen LogP contribution in [-0.4, -0.2) is 53.0 Å². The van der Waals surface area contributed by atoms with Gasteiger partial charge in [-0.15, -0.1) is 0 Å². The Morgan fingerprint density at radius 2 is 1.79 bits per heavy atom. The fourth-order valence-electron chi connectivity index (χ4n) is 3.19. The summed E-state index contributed by atoms with van der Waals surface area (Å²) in [6.07, 6.45) is 1.44. The average Bonchev–Trinajstić information content (AvgIpc) is 3.25. The lowest BCUT2D eigenvalue weighted by atomic mass is 10.0. The first-order chi connectivity index (χ1) is 11.7. The minimum atomic E-state index is -0.462. The summed E-state index contributed by atoms with van der Waals surface area (Å²) in [5, 5.41) is 3.77. The number of hydrogen-bond acceptors (Lipinski definition) is 6. The molecule has 126 valence electrons. The van der Waals surface area contributed by atoms with Crippen molar-refractivity contribution in [2.24, 2.45) is 0 Å². The number of carbonyl (C=O) groups excluding carboxylic acids is 1. The summed E-state index contributed by atoms with van der Waals surface area (Å²) in [5.41, 5.74) is 1.46. The van der Waals surface area contributed by atoms with Gasteiger partial charge in [0.2, 0.25) is 0 Å². The van der Waals surface area contributed by atoms with Crippen molar-refractivity contribution in [1.29, 1.82) is 0 Å². The molecule has 1 aromatic carbocycles. The highest BCUT2D eigenvalue weighted by atomic mass is 16.7. The second-order valence-electron chi connectivity index (χ2n) is 6.12. The number of benzene rings is 1. The number of piperidine rings is 1. The lowest BCUT2D eigenvalue weighted by Crippen LogP contribution is -2.47. The van der Waals surface area contributed by atoms with Crippen molar-refractivity contribution < 1.29 is 18.8 Å². The van der Waals surface area contributed by atoms with Crippen LogP contribution in [0.25, 0.3) is 11.5 Å². The second-order valence-corrected chi connectivity index (χ2v) is 6.12. The summed E-state index contributed by atoms with van der Waals surface area (Å²) >= 11 is 0. The highest BCUT2D eigenvalue weighted by Gasteiger charge is 2.40. The van der Waals surface area contributed by atoms with E-state index in [4.69, 9.17) is 14.0 Å². The van der Waals surface area contributed by atoms with E-state index in [1.165, 1.54) is 0 Å². The molecular weight excluding hydrogens is 310 g/mol. The number of aromatic nitrogens is 2. The van der Waals surface area contributed by atoms with Crippen LogP contribution in [0, 0.1) is 6.92 Å². The van der Waals surface area contributed by atoms with E-state index in [0.29, 0.717) is 43.6 Å². The monoisotopic (exact) mass is 329 g/mol. The maximum absolute atomic E-state index is 12.6. The van der Waals surface area contributed by atoms with E-state index in [1.54, 1.807) is 19.1 Å². The molecule has 0 radical (unpaired) electrons. The van der Waals surface area contributed by atoms with Gasteiger partial charge in [0.1, 0.15) is 0 Å². The van der Waals surface area contributed by atoms with Crippen molar-refractivity contribution in [3.8, 4) is 11.5 Å². The molecule has 2 aliphatic rings. The molecule has 1 spiro atoms. The Hall–Kier alpha value is -2.25. The van der Waals surface area contributed by atoms with Crippen molar-refractivity contribution in [1.82, 2.24) is 15.0 Å². The van der Waals surface area contributed by atoms with Gasteiger partial charge in [0.15, 0.2) is 11.6 Å². The van der Waals surface area contributed by atoms with Gasteiger partial charge in [-0.05, 0) is 31.2 Å². The van der Waals surface area contributed by atoms with Crippen LogP contribution in [0.2, 0.25) is 0 Å². The second kappa shape index (κ2) is 5.99. The van der Waals surface area contributed by atoms with Gasteiger partial charge in [0, 0.05) is 37.1 Å². The molecule has 0 atom stereocenters. The maximum Gasteiger partial charge on any atom is 0.257 e. The lowest BCUT2D eigenvalue weighted by Gasteiger charge is -2.37. The Balaban J connectivity index is 1.43. The van der Waals surface area contributed by atoms with E-state index in [-0.39, 0.29) is 5.91 Å². The zero-order valence-electron chi connectivity index (χ0n) is 13.5. The molecule has 0 aliphatic carbocycles. The number of carbonyl (C=O) groups is 1. The molecule has 2 fully saturated rings. The number of amides is 1. The molecule has 2 aliphatic heterocycles. The number of rotatable bonds is 2. The Bertz CT molecular complexity index is 725. The largest absolute Gasteiger partial charge is 0.347 e. The van der Waals surface area contributed by atoms with Gasteiger partial charge in [-0.2, -0.15) is 4.98 Å². The number of hydrogen-bond donors (Lipinski definition) is 0. The normalized spacial score (nSPS) is 19.8. The van der Waals surface area contributed by atoms with Crippen molar-refractivity contribution in [3.63, 3.8) is 0 Å². The molecule has 0 N–H and O–H groups in total. The third-order valence-electron chi connectivity index (χ3n) is 4.53. The van der Waals surface area contributed by atoms with E-state index in [0.717, 1.165) is 18.4 Å². The van der Waals surface area contributed by atoms with Crippen LogP contribution in [0.4, 0.5) is 0 Å². The number of ether oxygens (including phenoxy) is 2. The van der Waals surface area contributed by atoms with Crippen LogP contribution in [0.1, 0.15) is 29.0 Å². The maximum atomic E-state index is 12.6. The van der Waals surface area contributed by atoms with E-state index in [1.807, 2.05) is 17.0 Å². The first-order valence-electron chi connectivity index (χ1n) is 8.13. The van der Waals surface area contributed by atoms with Crippen molar-refractivity contribution >= 4 is 5.91 Å². The van der Waals surface area contributed by atoms with E-state index < -0.39 is 5.79 Å². The lowest BCUT2D eigenvalue weighted by molar-refractivity contribution is -0.181. The molecule has 0 unspecified atom stereocenters. The third kappa shape index (κ3) is 2.81. The zero-order valence-corrected chi connectivity index (χ0v) is 13.5. The van der Waals surface area contributed by atoms with Crippen LogP contribution in [0.3, 0.4) is 0 Å². The minimum Gasteiger partial charge on any atom is -0.347 e. The first-order valence-corrected chi connectivity index (χ1v) is 8.13. The van der Waals surface area contributed by atoms with Crippen LogP contribution < -0.4 is 0 Å². The molecule has 7 heteroatoms. The van der Waals surface area contributed by atoms with Gasteiger partial charge in [-0.1, -0.05) is 5.16 Å². The van der Waals surface area contributed by atoms with Gasteiger partial charge in [0.05, 0.1) is 13.2 Å². The fraction of sp³-hybridized carbons (Fsp3) is 0.471. The van der Waals surface area contributed by atoms with Gasteiger partial charge in [-0.3, -0.25) is 4.79 Å². The molecule has 0 saturated carbocycles. The molecule has 2 saturated heterocycles. The fourth-order valence-corrected chi connectivity index (χ4v) is 3.19. The standard InChI is InChI=1S/C17H19N3O4/c1-12-18-15(24-19-12)13-2-4-14(5-3-13)16(21)20-8-6-17(7-9-20)22-10-11-23-17/h2-5H,6-11H2,1H3. The quantitative estimate of drug-likeness (QED) is 0.839. The number of nitrogens with zero attached hydrogens (tertiary/aromatic N) is 3. The predicted octanol–water partition coefficient (Wildman–Crippen LogP) is 2.02. The van der Waals surface area contributed by atoms with Gasteiger partial charge < -0.3 is 18.9 Å². The number of aryl methyl sites for hydroxylation is 1. The summed E-state index contributed by atoms with van der Waals surface area (Å²) in [5.74, 6) is 0.609. The molecule has 4 rings (SSSR count). The highest BCUT2D eigenvalue weighted by molar-refractivity contribution is 5.94. The topological polar surface area (TPSA) is 77.7 Å². The summed E-state index contributed by atoms with van der Waals surface area (Å²) in [6, 6.07) is 7.25. The van der Waals surface area contributed by atoms with Crippen molar-refractivity contribution in [2.75, 3.05) is 26.3 Å². The Kier molecular flexibility index (Phi) is 3.82. The van der Waals surface area contributed by atoms with Crippen LogP contribution in [-0.2, 0) is 9.47 Å². The zero-order chi connectivity index (χ0) is 16.6. The third-order valence-corrected chi connectivity index (χ3v) is 4.53. The Morgan fingerprint density at radius 1 is 1.12 bits per heavy atom.